The van der Waals surface area contributed by atoms with Crippen molar-refractivity contribution in [3.63, 3.8) is 0 Å². The molecule has 0 saturated carbocycles. The molecule has 1 aromatic rings. The highest BCUT2D eigenvalue weighted by Crippen LogP contribution is 2.33. The third kappa shape index (κ3) is 2.07. The number of fused-ring (bicyclic) bond motifs is 1. The molecule has 0 bridgehead atoms. The summed E-state index contributed by atoms with van der Waals surface area (Å²) in [4.78, 5) is 25.0. The Kier molecular flexibility index (Phi) is 3.57. The average Bonchev–Trinajstić information content (AvgIpc) is 3.08. The van der Waals surface area contributed by atoms with Gasteiger partial charge in [0.1, 0.15) is 0 Å². The van der Waals surface area contributed by atoms with Gasteiger partial charge >= 0.3 is 0 Å². The zero-order valence-corrected chi connectivity index (χ0v) is 13.4. The van der Waals surface area contributed by atoms with Crippen LogP contribution in [0.5, 0.6) is 0 Å². The van der Waals surface area contributed by atoms with Crippen LogP contribution in [0.15, 0.2) is 23.1 Å². The number of carbonyl (C=O) groups excluding carboxylic acids is 2. The maximum atomic E-state index is 12.8. The number of likely N-dealkylation sites (N-methyl/N-ethyl adjacent to an activating group) is 1. The number of rotatable bonds is 3. The summed E-state index contributed by atoms with van der Waals surface area (Å²) in [6, 6.07) is 4.35. The zero-order chi connectivity index (χ0) is 16.1. The number of benzene rings is 1. The van der Waals surface area contributed by atoms with Crippen LogP contribution in [0.25, 0.3) is 0 Å². The van der Waals surface area contributed by atoms with Crippen LogP contribution in [-0.2, 0) is 14.8 Å². The van der Waals surface area contributed by atoms with E-state index in [9.17, 15) is 18.0 Å². The van der Waals surface area contributed by atoms with Gasteiger partial charge < -0.3 is 4.90 Å². The third-order valence-electron chi connectivity index (χ3n) is 4.47. The van der Waals surface area contributed by atoms with Gasteiger partial charge in [0.15, 0.2) is 0 Å². The Morgan fingerprint density at radius 2 is 2.00 bits per heavy atom. The minimum Gasteiger partial charge on any atom is -0.308 e. The summed E-state index contributed by atoms with van der Waals surface area (Å²) in [7, 11) is -2.12. The number of carbonyl (C=O) groups is 2. The van der Waals surface area contributed by atoms with E-state index in [0.717, 1.165) is 19.3 Å². The Hall–Kier alpha value is -1.73. The Morgan fingerprint density at radius 1 is 1.27 bits per heavy atom. The average molecular weight is 322 g/mol. The second-order valence-corrected chi connectivity index (χ2v) is 7.58. The van der Waals surface area contributed by atoms with E-state index in [4.69, 9.17) is 0 Å². The number of nitrogens with zero attached hydrogens (tertiary/aromatic N) is 2. The van der Waals surface area contributed by atoms with Gasteiger partial charge in [-0.1, -0.05) is 6.92 Å². The van der Waals surface area contributed by atoms with Gasteiger partial charge in [-0.25, -0.2) is 8.42 Å². The summed E-state index contributed by atoms with van der Waals surface area (Å²) >= 11 is 0. The van der Waals surface area contributed by atoms with Gasteiger partial charge in [0, 0.05) is 19.6 Å². The van der Waals surface area contributed by atoms with Gasteiger partial charge in [-0.3, -0.25) is 9.59 Å². The molecule has 0 N–H and O–H groups in total. The van der Waals surface area contributed by atoms with Gasteiger partial charge in [0.2, 0.25) is 10.0 Å². The van der Waals surface area contributed by atoms with E-state index < -0.39 is 21.7 Å². The number of sulfonamides is 1. The van der Waals surface area contributed by atoms with Gasteiger partial charge in [0.05, 0.1) is 16.1 Å². The molecule has 1 amide bonds. The quantitative estimate of drug-likeness (QED) is 0.789. The summed E-state index contributed by atoms with van der Waals surface area (Å²) < 4.78 is 27.1. The molecule has 6 nitrogen and oxygen atoms in total. The molecule has 7 heteroatoms. The highest BCUT2D eigenvalue weighted by atomic mass is 32.2. The molecule has 0 unspecified atom stereocenters. The van der Waals surface area contributed by atoms with Crippen LogP contribution in [0.3, 0.4) is 0 Å². The summed E-state index contributed by atoms with van der Waals surface area (Å²) in [6.07, 6.45) is 2.48. The fraction of sp³-hybridized carbons (Fsp3) is 0.467. The molecule has 1 fully saturated rings. The lowest BCUT2D eigenvalue weighted by atomic mass is 10.1. The largest absolute Gasteiger partial charge is 0.308 e. The number of amides is 1. The summed E-state index contributed by atoms with van der Waals surface area (Å²) in [6.45, 7) is 2.48. The second-order valence-electron chi connectivity index (χ2n) is 5.69. The minimum absolute atomic E-state index is 0.0123. The van der Waals surface area contributed by atoms with E-state index in [1.54, 1.807) is 0 Å². The molecule has 22 heavy (non-hydrogen) atoms. The SMILES string of the molecule is CC[C@@H]1CCCN1S(=O)(=O)c1ccc2c(c1)C(=O)C(=O)N2C. The van der Waals surface area contributed by atoms with Crippen LogP contribution in [0, 0.1) is 0 Å². The Morgan fingerprint density at radius 3 is 2.68 bits per heavy atom. The summed E-state index contributed by atoms with van der Waals surface area (Å²) in [5, 5.41) is 0. The van der Waals surface area contributed by atoms with Crippen molar-refractivity contribution >= 4 is 27.4 Å². The van der Waals surface area contributed by atoms with Crippen molar-refractivity contribution in [3.8, 4) is 0 Å². The molecule has 1 atom stereocenters. The van der Waals surface area contributed by atoms with E-state index in [2.05, 4.69) is 0 Å². The Balaban J connectivity index is 2.04. The van der Waals surface area contributed by atoms with Crippen LogP contribution in [0.4, 0.5) is 5.69 Å². The van der Waals surface area contributed by atoms with Crippen molar-refractivity contribution in [1.82, 2.24) is 4.31 Å². The van der Waals surface area contributed by atoms with Crippen LogP contribution in [-0.4, -0.2) is 44.0 Å². The van der Waals surface area contributed by atoms with E-state index in [1.807, 2.05) is 6.92 Å². The van der Waals surface area contributed by atoms with Gasteiger partial charge in [-0.15, -0.1) is 0 Å². The number of anilines is 1. The molecule has 2 aliphatic rings. The Bertz CT molecular complexity index is 757. The lowest BCUT2D eigenvalue weighted by molar-refractivity contribution is -0.114. The van der Waals surface area contributed by atoms with E-state index in [0.29, 0.717) is 12.2 Å². The summed E-state index contributed by atoms with van der Waals surface area (Å²) in [5.41, 5.74) is 0.628. The maximum Gasteiger partial charge on any atom is 0.299 e. The number of hydrogen-bond acceptors (Lipinski definition) is 4. The molecular formula is C15H18N2O4S. The molecule has 118 valence electrons. The van der Waals surface area contributed by atoms with Crippen LogP contribution in [0.2, 0.25) is 0 Å². The highest BCUT2D eigenvalue weighted by Gasteiger charge is 2.38. The first kappa shape index (κ1) is 15.2. The molecule has 0 aromatic heterocycles. The third-order valence-corrected chi connectivity index (χ3v) is 6.42. The topological polar surface area (TPSA) is 74.8 Å². The highest BCUT2D eigenvalue weighted by molar-refractivity contribution is 7.89. The van der Waals surface area contributed by atoms with Gasteiger partial charge in [-0.2, -0.15) is 4.31 Å². The summed E-state index contributed by atoms with van der Waals surface area (Å²) in [5.74, 6) is -1.28. The lowest BCUT2D eigenvalue weighted by Crippen LogP contribution is -2.35. The minimum atomic E-state index is -3.63. The van der Waals surface area contributed by atoms with Gasteiger partial charge in [-0.05, 0) is 37.5 Å². The number of ketones is 1. The molecule has 0 aliphatic carbocycles. The van der Waals surface area contributed by atoms with E-state index >= 15 is 0 Å². The van der Waals surface area contributed by atoms with Crippen molar-refractivity contribution in [2.45, 2.75) is 37.1 Å². The van der Waals surface area contributed by atoms with Gasteiger partial charge in [0.25, 0.3) is 11.7 Å². The molecule has 3 rings (SSSR count). The van der Waals surface area contributed by atoms with Crippen LogP contribution < -0.4 is 4.90 Å². The fourth-order valence-corrected chi connectivity index (χ4v) is 4.99. The first-order valence-electron chi connectivity index (χ1n) is 7.36. The first-order valence-corrected chi connectivity index (χ1v) is 8.80. The number of hydrogen-bond donors (Lipinski definition) is 0. The maximum absolute atomic E-state index is 12.8. The standard InChI is InChI=1S/C15H18N2O4S/c1-3-10-5-4-8-17(10)22(20,21)11-6-7-13-12(9-11)14(18)15(19)16(13)2/h6-7,9-10H,3-5,8H2,1-2H3/t10-/m1/s1. The van der Waals surface area contributed by atoms with E-state index in [1.165, 1.54) is 34.5 Å². The molecule has 1 aromatic carbocycles. The van der Waals surface area contributed by atoms with Crippen LogP contribution in [0.1, 0.15) is 36.5 Å². The lowest BCUT2D eigenvalue weighted by Gasteiger charge is -2.23. The monoisotopic (exact) mass is 322 g/mol. The molecule has 2 aliphatic heterocycles. The van der Waals surface area contributed by atoms with Crippen LogP contribution >= 0.6 is 0 Å². The molecule has 1 saturated heterocycles. The predicted molar refractivity (Wildman–Crippen MR) is 81.4 cm³/mol. The molecule has 2 heterocycles. The smallest absolute Gasteiger partial charge is 0.299 e. The molecular weight excluding hydrogens is 304 g/mol. The van der Waals surface area contributed by atoms with Crippen molar-refractivity contribution < 1.29 is 18.0 Å². The van der Waals surface area contributed by atoms with E-state index in [-0.39, 0.29) is 16.5 Å². The van der Waals surface area contributed by atoms with Crippen molar-refractivity contribution in [3.05, 3.63) is 23.8 Å². The van der Waals surface area contributed by atoms with Crippen molar-refractivity contribution in [1.29, 1.82) is 0 Å². The Labute approximate surface area is 129 Å². The first-order chi connectivity index (χ1) is 10.4. The van der Waals surface area contributed by atoms with Crippen molar-refractivity contribution in [2.24, 2.45) is 0 Å². The molecule has 0 spiro atoms. The molecule has 0 radical (unpaired) electrons. The normalized spacial score (nSPS) is 22.5. The second kappa shape index (κ2) is 5.17. The zero-order valence-electron chi connectivity index (χ0n) is 12.6. The van der Waals surface area contributed by atoms with Crippen molar-refractivity contribution in [2.75, 3.05) is 18.5 Å². The fourth-order valence-electron chi connectivity index (χ4n) is 3.20. The predicted octanol–water partition coefficient (Wildman–Crippen LogP) is 1.41. The number of Topliss-reactive ketones (excluding diaryl/α,β-unsaturated/α-hetero) is 1.